The quantitative estimate of drug-likeness (QED) is 0.236. The Morgan fingerprint density at radius 1 is 0.892 bits per heavy atom. The summed E-state index contributed by atoms with van der Waals surface area (Å²) in [5.74, 6) is -2.52. The summed E-state index contributed by atoms with van der Waals surface area (Å²) < 4.78 is 39.4. The second kappa shape index (κ2) is 9.10. The molecule has 3 aromatic carbocycles. The maximum absolute atomic E-state index is 13.3. The molecule has 192 valence electrons. The Kier molecular flexibility index (Phi) is 6.40. The van der Waals surface area contributed by atoms with Crippen LogP contribution in [0.5, 0.6) is 5.75 Å². The van der Waals surface area contributed by atoms with E-state index in [1.165, 1.54) is 18.2 Å². The average molecular weight is 510 g/mol. The van der Waals surface area contributed by atoms with Crippen molar-refractivity contribution in [2.75, 3.05) is 4.90 Å². The van der Waals surface area contributed by atoms with E-state index in [9.17, 15) is 33.0 Å². The zero-order valence-corrected chi connectivity index (χ0v) is 20.7. The highest BCUT2D eigenvalue weighted by atomic mass is 19.4. The molecule has 1 aliphatic heterocycles. The summed E-state index contributed by atoms with van der Waals surface area (Å²) in [5, 5.41) is 21.6. The highest BCUT2D eigenvalue weighted by molar-refractivity contribution is 6.51. The minimum atomic E-state index is -4.58. The summed E-state index contributed by atoms with van der Waals surface area (Å²) in [5.41, 5.74) is 0.892. The molecule has 0 aromatic heterocycles. The molecule has 0 spiro atoms. The molecular weight excluding hydrogens is 483 g/mol. The summed E-state index contributed by atoms with van der Waals surface area (Å²) in [6.45, 7) is 7.75. The summed E-state index contributed by atoms with van der Waals surface area (Å²) >= 11 is 0. The predicted octanol–water partition coefficient (Wildman–Crippen LogP) is 6.64. The molecule has 5 nitrogen and oxygen atoms in total. The third-order valence-corrected chi connectivity index (χ3v) is 6.46. The van der Waals surface area contributed by atoms with Gasteiger partial charge in [-0.1, -0.05) is 45.0 Å². The number of aryl methyl sites for hydroxylation is 1. The number of hydrogen-bond acceptors (Lipinski definition) is 4. The highest BCUT2D eigenvalue weighted by Crippen LogP contribution is 2.44. The number of Topliss-reactive ketones (excluding diaryl/α,β-unsaturated/α-hetero) is 1. The second-order valence-electron chi connectivity index (χ2n) is 10.1. The SMILES string of the molecule is Cc1ccc(C(C)(C)C)cc1/C(O)=C1\C(=O)C(=O)N(c2ccc(C(F)(F)F)cc2)C1c1cccc(O)c1. The maximum Gasteiger partial charge on any atom is 0.416 e. The number of hydrogen-bond donors (Lipinski definition) is 2. The minimum Gasteiger partial charge on any atom is -0.508 e. The van der Waals surface area contributed by atoms with Crippen LogP contribution in [0.15, 0.2) is 72.3 Å². The molecule has 1 atom stereocenters. The molecule has 1 saturated heterocycles. The summed E-state index contributed by atoms with van der Waals surface area (Å²) in [6, 6.07) is 14.0. The first-order chi connectivity index (χ1) is 17.2. The number of aliphatic hydroxyl groups is 1. The predicted molar refractivity (Wildman–Crippen MR) is 134 cm³/mol. The van der Waals surface area contributed by atoms with Crippen LogP contribution in [0.2, 0.25) is 0 Å². The number of carbonyl (C=O) groups is 2. The number of aromatic hydroxyl groups is 1. The number of aliphatic hydroxyl groups excluding tert-OH is 1. The third-order valence-electron chi connectivity index (χ3n) is 6.46. The van der Waals surface area contributed by atoms with Gasteiger partial charge in [-0.2, -0.15) is 13.2 Å². The monoisotopic (exact) mass is 509 g/mol. The van der Waals surface area contributed by atoms with Gasteiger partial charge in [-0.25, -0.2) is 0 Å². The van der Waals surface area contributed by atoms with Gasteiger partial charge in [0, 0.05) is 11.3 Å². The molecule has 37 heavy (non-hydrogen) atoms. The van der Waals surface area contributed by atoms with E-state index in [0.717, 1.165) is 34.7 Å². The number of nitrogens with zero attached hydrogens (tertiary/aromatic N) is 1. The smallest absolute Gasteiger partial charge is 0.416 e. The van der Waals surface area contributed by atoms with Crippen LogP contribution >= 0.6 is 0 Å². The van der Waals surface area contributed by atoms with E-state index >= 15 is 0 Å². The standard InChI is InChI=1S/C29H26F3NO4/c1-16-8-9-19(28(2,3)4)15-22(16)25(35)23-24(17-6-5-7-21(34)14-17)33(27(37)26(23)36)20-12-10-18(11-13-20)29(30,31)32/h5-15,24,34-35H,1-4H3/b25-23+. The van der Waals surface area contributed by atoms with Crippen molar-refractivity contribution in [1.29, 1.82) is 0 Å². The zero-order chi connectivity index (χ0) is 27.3. The Hall–Kier alpha value is -4.07. The number of benzene rings is 3. The summed E-state index contributed by atoms with van der Waals surface area (Å²) in [4.78, 5) is 27.6. The first kappa shape index (κ1) is 26.0. The summed E-state index contributed by atoms with van der Waals surface area (Å²) in [6.07, 6.45) is -4.58. The lowest BCUT2D eigenvalue weighted by Gasteiger charge is -2.26. The van der Waals surface area contributed by atoms with E-state index in [1.54, 1.807) is 19.1 Å². The van der Waals surface area contributed by atoms with E-state index in [-0.39, 0.29) is 22.4 Å². The molecule has 1 unspecified atom stereocenters. The van der Waals surface area contributed by atoms with Crippen LogP contribution in [-0.2, 0) is 21.2 Å². The van der Waals surface area contributed by atoms with Crippen LogP contribution in [0.25, 0.3) is 5.76 Å². The first-order valence-electron chi connectivity index (χ1n) is 11.6. The maximum atomic E-state index is 13.3. The number of ketones is 1. The van der Waals surface area contributed by atoms with Crippen LogP contribution in [-0.4, -0.2) is 21.9 Å². The fourth-order valence-corrected chi connectivity index (χ4v) is 4.41. The number of amides is 1. The van der Waals surface area contributed by atoms with Crippen molar-refractivity contribution in [3.05, 3.63) is 100 Å². The van der Waals surface area contributed by atoms with Crippen molar-refractivity contribution >= 4 is 23.1 Å². The van der Waals surface area contributed by atoms with Crippen LogP contribution in [0.1, 0.15) is 54.6 Å². The van der Waals surface area contributed by atoms with Crippen LogP contribution in [0.4, 0.5) is 18.9 Å². The Balaban J connectivity index is 1.95. The number of carbonyl (C=O) groups excluding carboxylic acids is 2. The van der Waals surface area contributed by atoms with Crippen molar-refractivity contribution in [2.24, 2.45) is 0 Å². The number of alkyl halides is 3. The molecule has 1 amide bonds. The molecular formula is C29H26F3NO4. The van der Waals surface area contributed by atoms with Gasteiger partial charge in [0.2, 0.25) is 0 Å². The van der Waals surface area contributed by atoms with Gasteiger partial charge in [0.05, 0.1) is 17.2 Å². The topological polar surface area (TPSA) is 77.8 Å². The van der Waals surface area contributed by atoms with E-state index in [2.05, 4.69) is 0 Å². The Morgan fingerprint density at radius 2 is 1.51 bits per heavy atom. The van der Waals surface area contributed by atoms with E-state index in [4.69, 9.17) is 0 Å². The largest absolute Gasteiger partial charge is 0.508 e. The van der Waals surface area contributed by atoms with Gasteiger partial charge in [-0.15, -0.1) is 0 Å². The van der Waals surface area contributed by atoms with Crippen molar-refractivity contribution in [3.63, 3.8) is 0 Å². The molecule has 2 N–H and O–H groups in total. The van der Waals surface area contributed by atoms with Gasteiger partial charge in [0.1, 0.15) is 11.5 Å². The zero-order valence-electron chi connectivity index (χ0n) is 20.7. The first-order valence-corrected chi connectivity index (χ1v) is 11.6. The molecule has 0 radical (unpaired) electrons. The number of phenols is 1. The number of phenolic OH excluding ortho intramolecular Hbond substituents is 1. The van der Waals surface area contributed by atoms with Crippen molar-refractivity contribution in [2.45, 2.75) is 45.3 Å². The molecule has 3 aromatic rings. The van der Waals surface area contributed by atoms with E-state index in [1.807, 2.05) is 32.9 Å². The van der Waals surface area contributed by atoms with Crippen LogP contribution in [0.3, 0.4) is 0 Å². The highest BCUT2D eigenvalue weighted by Gasteiger charge is 2.47. The second-order valence-corrected chi connectivity index (χ2v) is 10.1. The molecule has 0 bridgehead atoms. The normalized spacial score (nSPS) is 17.9. The number of halogens is 3. The minimum absolute atomic E-state index is 0.0441. The molecule has 1 aliphatic rings. The van der Waals surface area contributed by atoms with Crippen LogP contribution < -0.4 is 4.90 Å². The van der Waals surface area contributed by atoms with E-state index < -0.39 is 35.2 Å². The molecule has 1 fully saturated rings. The fourth-order valence-electron chi connectivity index (χ4n) is 4.41. The van der Waals surface area contributed by atoms with Crippen molar-refractivity contribution in [3.8, 4) is 5.75 Å². The average Bonchev–Trinajstić information content (AvgIpc) is 3.08. The van der Waals surface area contributed by atoms with Gasteiger partial charge in [0.15, 0.2) is 0 Å². The van der Waals surface area contributed by atoms with Crippen molar-refractivity contribution < 1.29 is 33.0 Å². The Bertz CT molecular complexity index is 1420. The Labute approximate surface area is 212 Å². The lowest BCUT2D eigenvalue weighted by atomic mass is 9.84. The van der Waals surface area contributed by atoms with Crippen molar-refractivity contribution in [1.82, 2.24) is 0 Å². The molecule has 0 aliphatic carbocycles. The van der Waals surface area contributed by atoms with E-state index in [0.29, 0.717) is 16.7 Å². The lowest BCUT2D eigenvalue weighted by Crippen LogP contribution is -2.29. The van der Waals surface area contributed by atoms with Gasteiger partial charge in [-0.05, 0) is 71.5 Å². The molecule has 1 heterocycles. The van der Waals surface area contributed by atoms with Gasteiger partial charge < -0.3 is 10.2 Å². The Morgan fingerprint density at radius 3 is 2.08 bits per heavy atom. The van der Waals surface area contributed by atoms with Gasteiger partial charge >= 0.3 is 6.18 Å². The summed E-state index contributed by atoms with van der Waals surface area (Å²) in [7, 11) is 0. The third kappa shape index (κ3) is 4.83. The van der Waals surface area contributed by atoms with Crippen LogP contribution in [0, 0.1) is 6.92 Å². The lowest BCUT2D eigenvalue weighted by molar-refractivity contribution is -0.137. The van der Waals surface area contributed by atoms with Gasteiger partial charge in [-0.3, -0.25) is 14.5 Å². The molecule has 4 rings (SSSR count). The molecule has 0 saturated carbocycles. The molecule has 8 heteroatoms. The number of rotatable bonds is 3. The fraction of sp³-hybridized carbons (Fsp3) is 0.241. The number of anilines is 1. The van der Waals surface area contributed by atoms with Gasteiger partial charge in [0.25, 0.3) is 11.7 Å².